The van der Waals surface area contributed by atoms with Crippen LogP contribution in [0.25, 0.3) is 5.65 Å². The number of alkyl carbamates (subject to hydrolysis) is 1. The van der Waals surface area contributed by atoms with Crippen molar-refractivity contribution in [3.05, 3.63) is 53.1 Å². The molecule has 3 heterocycles. The molecule has 35 heavy (non-hydrogen) atoms. The van der Waals surface area contributed by atoms with Crippen molar-refractivity contribution < 1.29 is 28.6 Å². The molecule has 0 saturated carbocycles. The second-order valence-corrected chi connectivity index (χ2v) is 9.88. The highest BCUT2D eigenvalue weighted by Crippen LogP contribution is 2.41. The monoisotopic (exact) mass is 485 g/mol. The number of anilines is 1. The highest BCUT2D eigenvalue weighted by Gasteiger charge is 2.38. The fraction of sp³-hybridized carbons (Fsp3) is 0.417. The van der Waals surface area contributed by atoms with E-state index >= 15 is 0 Å². The van der Waals surface area contributed by atoms with Crippen LogP contribution in [0.4, 0.5) is 15.0 Å². The number of amides is 1. The Morgan fingerprint density at radius 2 is 2.11 bits per heavy atom. The molecule has 1 aliphatic heterocycles. The van der Waals surface area contributed by atoms with Crippen molar-refractivity contribution in [2.75, 3.05) is 11.9 Å². The van der Waals surface area contributed by atoms with Gasteiger partial charge in [-0.05, 0) is 52.8 Å². The molecule has 4 rings (SSSR count). The molecule has 0 fully saturated rings. The summed E-state index contributed by atoms with van der Waals surface area (Å²) in [5, 5.41) is 19.2. The van der Waals surface area contributed by atoms with E-state index in [1.54, 1.807) is 33.0 Å². The summed E-state index contributed by atoms with van der Waals surface area (Å²) in [6.07, 6.45) is 2.67. The molecular weight excluding hydrogens is 457 g/mol. The number of carboxylic acids is 1. The first kappa shape index (κ1) is 24.2. The van der Waals surface area contributed by atoms with E-state index in [4.69, 9.17) is 9.47 Å². The molecule has 0 radical (unpaired) electrons. The van der Waals surface area contributed by atoms with Gasteiger partial charge in [-0.2, -0.15) is 5.10 Å². The Hall–Kier alpha value is -3.89. The molecule has 3 N–H and O–H groups in total. The van der Waals surface area contributed by atoms with Crippen LogP contribution in [0.5, 0.6) is 5.75 Å². The van der Waals surface area contributed by atoms with Gasteiger partial charge < -0.3 is 25.2 Å². The van der Waals surface area contributed by atoms with Crippen LogP contribution < -0.4 is 15.4 Å². The van der Waals surface area contributed by atoms with Crippen LogP contribution in [-0.4, -0.2) is 49.5 Å². The summed E-state index contributed by atoms with van der Waals surface area (Å²) < 4.78 is 27.4. The Kier molecular flexibility index (Phi) is 6.04. The van der Waals surface area contributed by atoms with Crippen LogP contribution in [0.15, 0.2) is 30.6 Å². The average molecular weight is 486 g/mol. The van der Waals surface area contributed by atoms with E-state index in [0.29, 0.717) is 29.1 Å². The number of halogens is 1. The second-order valence-electron chi connectivity index (χ2n) is 9.88. The smallest absolute Gasteiger partial charge is 0.407 e. The number of nitrogens with one attached hydrogen (secondary N) is 2. The molecule has 10 nitrogen and oxygen atoms in total. The van der Waals surface area contributed by atoms with E-state index in [2.05, 4.69) is 20.7 Å². The molecule has 1 aromatic carbocycles. The molecule has 0 bridgehead atoms. The molecule has 2 atom stereocenters. The summed E-state index contributed by atoms with van der Waals surface area (Å²) in [4.78, 5) is 27.9. The summed E-state index contributed by atoms with van der Waals surface area (Å²) in [6.45, 7) is 9.18. The lowest BCUT2D eigenvalue weighted by molar-refractivity contribution is 0.0447. The highest BCUT2D eigenvalue weighted by molar-refractivity contribution is 5.94. The summed E-state index contributed by atoms with van der Waals surface area (Å²) in [6, 6.07) is 4.05. The van der Waals surface area contributed by atoms with Gasteiger partial charge in [0, 0.05) is 23.7 Å². The number of aromatic carboxylic acids is 1. The molecular formula is C24H28FN5O5. The first-order chi connectivity index (χ1) is 16.3. The largest absolute Gasteiger partial charge is 0.485 e. The zero-order chi connectivity index (χ0) is 25.5. The Morgan fingerprint density at radius 1 is 1.37 bits per heavy atom. The number of aromatic nitrogens is 3. The standard InChI is InChI=1S/C24H28FN5O5/c1-13(28-18-6-7-30-20(29-18)17(11-27-30)21(31)32)16-9-15(25)8-14-10-24(5,34-19(14)16)12-26-22(33)35-23(2,3)4/h6-9,11,13H,10,12H2,1-5H3,(H,26,33)(H,28,29)(H,31,32)/t13?,24-/m0/s1. The van der Waals surface area contributed by atoms with Gasteiger partial charge in [0.1, 0.15) is 34.2 Å². The minimum atomic E-state index is -1.13. The lowest BCUT2D eigenvalue weighted by Gasteiger charge is -2.27. The lowest BCUT2D eigenvalue weighted by Crippen LogP contribution is -2.45. The molecule has 0 aliphatic carbocycles. The van der Waals surface area contributed by atoms with E-state index in [1.807, 2.05) is 13.8 Å². The van der Waals surface area contributed by atoms with Crippen LogP contribution in [0.2, 0.25) is 0 Å². The Bertz CT molecular complexity index is 1300. The van der Waals surface area contributed by atoms with Gasteiger partial charge in [0.2, 0.25) is 0 Å². The predicted octanol–water partition coefficient (Wildman–Crippen LogP) is 3.96. The number of carbonyl (C=O) groups is 2. The predicted molar refractivity (Wildman–Crippen MR) is 125 cm³/mol. The number of fused-ring (bicyclic) bond motifs is 2. The summed E-state index contributed by atoms with van der Waals surface area (Å²) in [7, 11) is 0. The van der Waals surface area contributed by atoms with Crippen molar-refractivity contribution >= 4 is 23.5 Å². The lowest BCUT2D eigenvalue weighted by atomic mass is 9.97. The number of hydrogen-bond donors (Lipinski definition) is 3. The first-order valence-corrected chi connectivity index (χ1v) is 11.2. The van der Waals surface area contributed by atoms with Crippen LogP contribution >= 0.6 is 0 Å². The van der Waals surface area contributed by atoms with Gasteiger partial charge in [0.05, 0.1) is 18.8 Å². The third kappa shape index (κ3) is 5.28. The van der Waals surface area contributed by atoms with Crippen molar-refractivity contribution in [1.82, 2.24) is 19.9 Å². The molecule has 2 aromatic heterocycles. The Labute approximate surface area is 201 Å². The first-order valence-electron chi connectivity index (χ1n) is 11.2. The van der Waals surface area contributed by atoms with Crippen LogP contribution in [-0.2, 0) is 11.2 Å². The quantitative estimate of drug-likeness (QED) is 0.479. The molecule has 186 valence electrons. The van der Waals surface area contributed by atoms with Crippen molar-refractivity contribution in [2.24, 2.45) is 0 Å². The fourth-order valence-corrected chi connectivity index (χ4v) is 4.01. The van der Waals surface area contributed by atoms with Gasteiger partial charge >= 0.3 is 12.1 Å². The molecule has 1 amide bonds. The van der Waals surface area contributed by atoms with Gasteiger partial charge in [0.25, 0.3) is 0 Å². The average Bonchev–Trinajstić information content (AvgIpc) is 3.31. The van der Waals surface area contributed by atoms with Gasteiger partial charge in [-0.1, -0.05) is 0 Å². The van der Waals surface area contributed by atoms with Gasteiger partial charge in [0.15, 0.2) is 5.65 Å². The summed E-state index contributed by atoms with van der Waals surface area (Å²) in [5.41, 5.74) is 0.0261. The number of hydrogen-bond acceptors (Lipinski definition) is 7. The van der Waals surface area contributed by atoms with Gasteiger partial charge in [-0.3, -0.25) is 0 Å². The van der Waals surface area contributed by atoms with Crippen LogP contribution in [0.1, 0.15) is 62.1 Å². The number of benzene rings is 1. The molecule has 0 saturated heterocycles. The van der Waals surface area contributed by atoms with Crippen molar-refractivity contribution in [2.45, 2.75) is 58.3 Å². The second kappa shape index (κ2) is 8.71. The van der Waals surface area contributed by atoms with E-state index in [9.17, 15) is 19.1 Å². The molecule has 0 spiro atoms. The van der Waals surface area contributed by atoms with Crippen molar-refractivity contribution in [1.29, 1.82) is 0 Å². The normalized spacial score (nSPS) is 18.0. The molecule has 1 unspecified atom stereocenters. The topological polar surface area (TPSA) is 127 Å². The highest BCUT2D eigenvalue weighted by atomic mass is 19.1. The van der Waals surface area contributed by atoms with Crippen LogP contribution in [0.3, 0.4) is 0 Å². The Morgan fingerprint density at radius 3 is 2.80 bits per heavy atom. The van der Waals surface area contributed by atoms with Crippen molar-refractivity contribution in [3.63, 3.8) is 0 Å². The van der Waals surface area contributed by atoms with Crippen LogP contribution in [0, 0.1) is 5.82 Å². The maximum absolute atomic E-state index is 14.5. The SMILES string of the molecule is CC(Nc1ccn2ncc(C(=O)O)c2n1)c1cc(F)cc2c1O[C@](C)(CNC(=O)OC(C)(C)C)C2. The minimum absolute atomic E-state index is 0.0236. The zero-order valence-electron chi connectivity index (χ0n) is 20.2. The van der Waals surface area contributed by atoms with E-state index in [0.717, 1.165) is 0 Å². The number of carbonyl (C=O) groups excluding carboxylic acids is 1. The van der Waals surface area contributed by atoms with Gasteiger partial charge in [-0.15, -0.1) is 0 Å². The molecule has 1 aliphatic rings. The third-order valence-corrected chi connectivity index (χ3v) is 5.51. The maximum atomic E-state index is 14.5. The number of nitrogens with zero attached hydrogens (tertiary/aromatic N) is 3. The van der Waals surface area contributed by atoms with E-state index < -0.39 is 35.1 Å². The Balaban J connectivity index is 1.53. The van der Waals surface area contributed by atoms with E-state index in [-0.39, 0.29) is 17.8 Å². The third-order valence-electron chi connectivity index (χ3n) is 5.51. The van der Waals surface area contributed by atoms with E-state index in [1.165, 1.54) is 22.8 Å². The summed E-state index contributed by atoms with van der Waals surface area (Å²) >= 11 is 0. The molecule has 11 heteroatoms. The minimum Gasteiger partial charge on any atom is -0.485 e. The number of carboxylic acid groups (broad SMARTS) is 1. The molecule has 3 aromatic rings. The fourth-order valence-electron chi connectivity index (χ4n) is 4.01. The number of ether oxygens (including phenoxy) is 2. The summed E-state index contributed by atoms with van der Waals surface area (Å²) in [5.74, 6) is -0.601. The number of rotatable bonds is 6. The maximum Gasteiger partial charge on any atom is 0.407 e. The zero-order valence-corrected chi connectivity index (χ0v) is 20.2. The van der Waals surface area contributed by atoms with Gasteiger partial charge in [-0.25, -0.2) is 23.5 Å². The van der Waals surface area contributed by atoms with Crippen molar-refractivity contribution in [3.8, 4) is 5.75 Å².